The summed E-state index contributed by atoms with van der Waals surface area (Å²) in [4.78, 5) is 71.3. The number of aliphatic hydroxyl groups is 2. The number of carbonyl (C=O) groups is 5. The second-order valence-corrected chi connectivity index (χ2v) is 12.1. The lowest BCUT2D eigenvalue weighted by Gasteiger charge is -2.63. The molecule has 9 N–H and O–H groups in total. The van der Waals surface area contributed by atoms with Crippen molar-refractivity contribution in [3.8, 4) is 22.9 Å². The SMILES string of the molecule is CN(C)c1ccc(-c2ccc3c(c2O)C(=O)C2C(=O)[C@]4(C#N)C(=O)C(C(N)=O)C(=O)[C@@H](N(C)C)[C@]4(N)[C@@H](O)[C@]2(N)[C@H]3O)cc1. The number of anilines is 1. The van der Waals surface area contributed by atoms with Gasteiger partial charge in [-0.1, -0.05) is 24.3 Å². The van der Waals surface area contributed by atoms with Crippen molar-refractivity contribution >= 4 is 34.7 Å². The topological polar surface area (TPSA) is 254 Å². The molecule has 2 aromatic rings. The molecular weight excluding hydrogens is 572 g/mol. The number of primary amides is 1. The number of phenolic OH excluding ortho intramolecular Hbond substituents is 1. The number of aliphatic hydroxyl groups excluding tert-OH is 2. The van der Waals surface area contributed by atoms with Gasteiger partial charge in [0.2, 0.25) is 5.91 Å². The molecule has 1 amide bonds. The van der Waals surface area contributed by atoms with Crippen molar-refractivity contribution in [2.24, 2.45) is 34.5 Å². The van der Waals surface area contributed by atoms with E-state index in [2.05, 4.69) is 0 Å². The van der Waals surface area contributed by atoms with E-state index in [-0.39, 0.29) is 11.1 Å². The molecule has 3 aliphatic rings. The highest BCUT2D eigenvalue weighted by Gasteiger charge is 2.83. The summed E-state index contributed by atoms with van der Waals surface area (Å²) in [6.45, 7) is 0. The van der Waals surface area contributed by atoms with E-state index in [1.165, 1.54) is 32.3 Å². The molecule has 5 rings (SSSR count). The van der Waals surface area contributed by atoms with Gasteiger partial charge >= 0.3 is 0 Å². The predicted molar refractivity (Wildman–Crippen MR) is 154 cm³/mol. The van der Waals surface area contributed by atoms with Crippen molar-refractivity contribution in [3.05, 3.63) is 47.5 Å². The summed E-state index contributed by atoms with van der Waals surface area (Å²) >= 11 is 0. The third-order valence-corrected chi connectivity index (χ3v) is 9.50. The number of phenols is 1. The third kappa shape index (κ3) is 3.44. The molecule has 0 bridgehead atoms. The fourth-order valence-corrected chi connectivity index (χ4v) is 7.35. The second-order valence-electron chi connectivity index (χ2n) is 12.1. The maximum Gasteiger partial charge on any atom is 0.235 e. The highest BCUT2D eigenvalue weighted by atomic mass is 16.3. The Balaban J connectivity index is 1.77. The van der Waals surface area contributed by atoms with Crippen LogP contribution in [0.25, 0.3) is 11.1 Å². The van der Waals surface area contributed by atoms with E-state index in [4.69, 9.17) is 17.2 Å². The first-order valence-corrected chi connectivity index (χ1v) is 13.6. The molecule has 0 aromatic heterocycles. The first-order valence-electron chi connectivity index (χ1n) is 13.6. The number of aromatic hydroxyl groups is 1. The van der Waals surface area contributed by atoms with E-state index in [9.17, 15) is 44.6 Å². The van der Waals surface area contributed by atoms with Crippen molar-refractivity contribution in [2.75, 3.05) is 33.1 Å². The highest BCUT2D eigenvalue weighted by molar-refractivity contribution is 6.33. The number of amides is 1. The Bertz CT molecular complexity index is 1700. The minimum absolute atomic E-state index is 0.159. The monoisotopic (exact) mass is 604 g/mol. The van der Waals surface area contributed by atoms with Crippen molar-refractivity contribution in [1.82, 2.24) is 4.90 Å². The van der Waals surface area contributed by atoms with Gasteiger partial charge in [0.25, 0.3) is 0 Å². The van der Waals surface area contributed by atoms with E-state index < -0.39 is 86.9 Å². The molecule has 3 aliphatic carbocycles. The summed E-state index contributed by atoms with van der Waals surface area (Å²) in [5.74, 6) is -12.2. The van der Waals surface area contributed by atoms with Gasteiger partial charge in [-0.05, 0) is 37.4 Å². The molecule has 0 heterocycles. The molecule has 2 unspecified atom stereocenters. The van der Waals surface area contributed by atoms with Crippen LogP contribution in [0.1, 0.15) is 22.0 Å². The van der Waals surface area contributed by atoms with Crippen LogP contribution in [0.3, 0.4) is 0 Å². The lowest BCUT2D eigenvalue weighted by Crippen LogP contribution is -2.91. The molecule has 8 atom stereocenters. The minimum Gasteiger partial charge on any atom is -0.507 e. The molecule has 14 heteroatoms. The Kier molecular flexibility index (Phi) is 6.85. The summed E-state index contributed by atoms with van der Waals surface area (Å²) < 4.78 is 0. The molecule has 0 saturated heterocycles. The number of fused-ring (bicyclic) bond motifs is 3. The molecule has 44 heavy (non-hydrogen) atoms. The van der Waals surface area contributed by atoms with E-state index in [1.54, 1.807) is 24.3 Å². The Morgan fingerprint density at radius 1 is 0.955 bits per heavy atom. The smallest absolute Gasteiger partial charge is 0.235 e. The quantitative estimate of drug-likeness (QED) is 0.207. The molecule has 0 radical (unpaired) electrons. The Morgan fingerprint density at radius 3 is 2.05 bits per heavy atom. The van der Waals surface area contributed by atoms with Crippen LogP contribution in [0.15, 0.2) is 36.4 Å². The summed E-state index contributed by atoms with van der Waals surface area (Å²) in [6.07, 6.45) is -4.49. The summed E-state index contributed by atoms with van der Waals surface area (Å²) in [5.41, 5.74) is 10.6. The zero-order valence-electron chi connectivity index (χ0n) is 24.3. The lowest BCUT2D eigenvalue weighted by atomic mass is 9.41. The lowest BCUT2D eigenvalue weighted by molar-refractivity contribution is -0.188. The maximum absolute atomic E-state index is 14.5. The number of nitrogens with two attached hydrogens (primary N) is 3. The van der Waals surface area contributed by atoms with E-state index in [1.807, 2.05) is 19.0 Å². The Hall–Kier alpha value is -4.52. The molecule has 2 saturated carbocycles. The largest absolute Gasteiger partial charge is 0.507 e. The molecule has 2 aromatic carbocycles. The van der Waals surface area contributed by atoms with E-state index >= 15 is 0 Å². The number of nitrogens with zero attached hydrogens (tertiary/aromatic N) is 3. The molecule has 14 nitrogen and oxygen atoms in total. The van der Waals surface area contributed by atoms with Gasteiger partial charge in [0.1, 0.15) is 17.8 Å². The number of ketones is 4. The molecule has 230 valence electrons. The minimum atomic E-state index is -3.18. The van der Waals surface area contributed by atoms with Gasteiger partial charge < -0.3 is 37.4 Å². The molecule has 2 fully saturated rings. The van der Waals surface area contributed by atoms with Crippen LogP contribution < -0.4 is 22.1 Å². The average molecular weight is 605 g/mol. The van der Waals surface area contributed by atoms with Gasteiger partial charge in [0, 0.05) is 25.3 Å². The van der Waals surface area contributed by atoms with E-state index in [0.29, 0.717) is 5.56 Å². The van der Waals surface area contributed by atoms with Gasteiger partial charge in [0.05, 0.1) is 34.9 Å². The van der Waals surface area contributed by atoms with Gasteiger partial charge in [0.15, 0.2) is 34.5 Å². The number of Topliss-reactive ketones (excluding diaryl/α,β-unsaturated/α-hetero) is 4. The Labute approximate surface area is 251 Å². The first kappa shape index (κ1) is 30.9. The van der Waals surface area contributed by atoms with Crippen LogP contribution >= 0.6 is 0 Å². The van der Waals surface area contributed by atoms with Crippen LogP contribution in [0.2, 0.25) is 0 Å². The highest BCUT2D eigenvalue weighted by Crippen LogP contribution is 2.59. The van der Waals surface area contributed by atoms with Gasteiger partial charge in [-0.25, -0.2) is 0 Å². The molecule has 0 spiro atoms. The zero-order chi connectivity index (χ0) is 32.8. The van der Waals surface area contributed by atoms with Crippen molar-refractivity contribution in [2.45, 2.75) is 29.3 Å². The van der Waals surface area contributed by atoms with Crippen LogP contribution in [-0.4, -0.2) is 101 Å². The van der Waals surface area contributed by atoms with Crippen LogP contribution in [0, 0.1) is 28.6 Å². The number of rotatable bonds is 4. The first-order chi connectivity index (χ1) is 20.5. The van der Waals surface area contributed by atoms with E-state index in [0.717, 1.165) is 10.6 Å². The number of hydrogen-bond acceptors (Lipinski definition) is 13. The standard InChI is InChI=1S/C30H32N6O8/c1-35(2)13-7-5-12(6-8-13)14-9-10-15-16(19(14)37)20(38)18-25(42)28(11-31)24(41)17(26(32)43)21(39)22(36(3)4)30(28,34)27(44)29(18,33)23(15)40/h5-10,17-18,22-23,27,37,40,44H,33-34H2,1-4H3,(H2,32,43)/t17?,18?,22-,23+,27+,28+,29-,30+/m1/s1. The van der Waals surface area contributed by atoms with Crippen molar-refractivity contribution in [3.63, 3.8) is 0 Å². The zero-order valence-corrected chi connectivity index (χ0v) is 24.3. The molecular formula is C30H32N6O8. The normalized spacial score (nSPS) is 34.6. The number of nitriles is 1. The number of hydrogen-bond donors (Lipinski definition) is 6. The number of benzene rings is 2. The summed E-state index contributed by atoms with van der Waals surface area (Å²) in [6, 6.07) is 9.28. The number of carbonyl (C=O) groups excluding carboxylic acids is 5. The van der Waals surface area contributed by atoms with Gasteiger partial charge in [-0.3, -0.25) is 28.9 Å². The maximum atomic E-state index is 14.5. The molecule has 0 aliphatic heterocycles. The predicted octanol–water partition coefficient (Wildman–Crippen LogP) is -2.00. The number of likely N-dealkylation sites (N-methyl/N-ethyl adjacent to an activating group) is 1. The fourth-order valence-electron chi connectivity index (χ4n) is 7.35. The van der Waals surface area contributed by atoms with Crippen LogP contribution in [-0.2, 0) is 19.2 Å². The van der Waals surface area contributed by atoms with Gasteiger partial charge in [-0.2, -0.15) is 5.26 Å². The van der Waals surface area contributed by atoms with Crippen LogP contribution in [0.4, 0.5) is 5.69 Å². The fraction of sp³-hybridized carbons (Fsp3) is 0.400. The summed E-state index contributed by atoms with van der Waals surface area (Å²) in [5, 5.41) is 45.4. The van der Waals surface area contributed by atoms with Crippen molar-refractivity contribution < 1.29 is 39.3 Å². The van der Waals surface area contributed by atoms with Crippen LogP contribution in [0.5, 0.6) is 5.75 Å². The van der Waals surface area contributed by atoms with Gasteiger partial charge in [-0.15, -0.1) is 0 Å². The third-order valence-electron chi connectivity index (χ3n) is 9.50. The van der Waals surface area contributed by atoms with Crippen molar-refractivity contribution in [1.29, 1.82) is 5.26 Å². The summed E-state index contributed by atoms with van der Waals surface area (Å²) in [7, 11) is 6.26. The average Bonchev–Trinajstić information content (AvgIpc) is 2.94. The second kappa shape index (κ2) is 9.74. The Morgan fingerprint density at radius 2 is 1.55 bits per heavy atom.